The minimum atomic E-state index is -4.01. The van der Waals surface area contributed by atoms with Gasteiger partial charge in [-0.25, -0.2) is 8.42 Å². The molecule has 0 saturated carbocycles. The van der Waals surface area contributed by atoms with Crippen molar-refractivity contribution >= 4 is 36.4 Å². The molecule has 1 aliphatic rings. The number of anilines is 1. The molecule has 9 heteroatoms. The van der Waals surface area contributed by atoms with E-state index in [4.69, 9.17) is 4.43 Å². The molecule has 1 heterocycles. The summed E-state index contributed by atoms with van der Waals surface area (Å²) in [6.07, 6.45) is 0. The van der Waals surface area contributed by atoms with Crippen molar-refractivity contribution in [2.24, 2.45) is 23.2 Å². The Bertz CT molecular complexity index is 1210. The number of carbonyl (C=O) groups is 2. The molecule has 0 aliphatic carbocycles. The van der Waals surface area contributed by atoms with E-state index in [0.717, 1.165) is 5.56 Å². The van der Waals surface area contributed by atoms with Crippen LogP contribution in [0.25, 0.3) is 0 Å². The minimum Gasteiger partial charge on any atom is -0.417 e. The number of para-hydroxylation sites is 1. The lowest BCUT2D eigenvalue weighted by Gasteiger charge is -2.48. The maximum absolute atomic E-state index is 13.8. The van der Waals surface area contributed by atoms with Gasteiger partial charge in [0, 0.05) is 23.8 Å². The highest BCUT2D eigenvalue weighted by Gasteiger charge is 2.51. The lowest BCUT2D eigenvalue weighted by molar-refractivity contribution is -0.143. The molecular weight excluding hydrogens is 492 g/mol. The second-order valence-corrected chi connectivity index (χ2v) is 14.6. The predicted molar refractivity (Wildman–Crippen MR) is 144 cm³/mol. The second kappa shape index (κ2) is 10.9. The van der Waals surface area contributed by atoms with Crippen LogP contribution in [0.4, 0.5) is 5.69 Å². The maximum atomic E-state index is 13.8. The molecule has 1 amide bonds. The van der Waals surface area contributed by atoms with Crippen molar-refractivity contribution in [3.8, 4) is 0 Å². The Morgan fingerprint density at radius 1 is 1.14 bits per heavy atom. The zero-order chi connectivity index (χ0) is 26.8. The molecule has 0 unspecified atom stereocenters. The van der Waals surface area contributed by atoms with E-state index in [2.05, 4.69) is 43.9 Å². The molecular formula is C27H37N2O5SSi. The summed E-state index contributed by atoms with van der Waals surface area (Å²) < 4.78 is 35.1. The topological polar surface area (TPSA) is 102 Å². The van der Waals surface area contributed by atoms with Crippen LogP contribution >= 0.6 is 0 Å². The van der Waals surface area contributed by atoms with Crippen LogP contribution < -0.4 is 10.0 Å². The van der Waals surface area contributed by atoms with Crippen LogP contribution in [0.5, 0.6) is 0 Å². The van der Waals surface area contributed by atoms with Gasteiger partial charge >= 0.3 is 0 Å². The summed E-state index contributed by atoms with van der Waals surface area (Å²) in [6.45, 7) is 14.4. The molecule has 3 rings (SSSR count). The first-order valence-electron chi connectivity index (χ1n) is 12.2. The number of Topliss-reactive ketones (excluding diaryl/α,β-unsaturated/α-hetero) is 1. The smallest absolute Gasteiger partial charge is 0.262 e. The standard InChI is InChI=1S/C27H37N2O5SSi/c1-17-13-14-22(35(32,33)29-19-11-9-8-10-12-19)20(15-17)25(30)18(2)24-23(26(31)28-24)21(27(3,4)5)16-34-36(6)7/h8-15,18,21,23-24,29H,16H2,1-7H3,(H,28,31)/t18-,21-,23+,24-/m1/s1. The second-order valence-electron chi connectivity index (χ2n) is 10.9. The molecule has 195 valence electrons. The third-order valence-corrected chi connectivity index (χ3v) is 8.95. The van der Waals surface area contributed by atoms with Crippen LogP contribution in [0.1, 0.15) is 43.6 Å². The summed E-state index contributed by atoms with van der Waals surface area (Å²) >= 11 is 0. The fraction of sp³-hybridized carbons (Fsp3) is 0.481. The summed E-state index contributed by atoms with van der Waals surface area (Å²) in [4.78, 5) is 26.4. The van der Waals surface area contributed by atoms with E-state index in [-0.39, 0.29) is 33.5 Å². The van der Waals surface area contributed by atoms with E-state index < -0.39 is 36.9 Å². The predicted octanol–water partition coefficient (Wildman–Crippen LogP) is 4.66. The molecule has 36 heavy (non-hydrogen) atoms. The number of aryl methyl sites for hydroxylation is 1. The van der Waals surface area contributed by atoms with Crippen molar-refractivity contribution in [3.05, 3.63) is 59.7 Å². The van der Waals surface area contributed by atoms with Crippen molar-refractivity contribution in [1.29, 1.82) is 0 Å². The Balaban J connectivity index is 1.92. The Hall–Kier alpha value is -2.49. The highest BCUT2D eigenvalue weighted by molar-refractivity contribution is 7.92. The van der Waals surface area contributed by atoms with Crippen LogP contribution in [0.15, 0.2) is 53.4 Å². The van der Waals surface area contributed by atoms with Gasteiger partial charge in [-0.15, -0.1) is 0 Å². The summed E-state index contributed by atoms with van der Waals surface area (Å²) in [5.41, 5.74) is 1.11. The first kappa shape index (κ1) is 28.1. The van der Waals surface area contributed by atoms with E-state index in [1.165, 1.54) is 6.07 Å². The first-order valence-corrected chi connectivity index (χ1v) is 16.1. The molecule has 2 N–H and O–H groups in total. The molecule has 1 saturated heterocycles. The summed E-state index contributed by atoms with van der Waals surface area (Å²) in [7, 11) is -4.95. The quantitative estimate of drug-likeness (QED) is 0.265. The number of β-lactam (4-membered cyclic amide) rings is 1. The number of amides is 1. The van der Waals surface area contributed by atoms with Crippen molar-refractivity contribution in [2.75, 3.05) is 11.3 Å². The lowest BCUT2D eigenvalue weighted by Crippen LogP contribution is -2.66. The van der Waals surface area contributed by atoms with Crippen molar-refractivity contribution in [2.45, 2.75) is 58.7 Å². The van der Waals surface area contributed by atoms with Crippen molar-refractivity contribution in [1.82, 2.24) is 5.32 Å². The Morgan fingerprint density at radius 2 is 1.78 bits per heavy atom. The van der Waals surface area contributed by atoms with Gasteiger partial charge in [0.1, 0.15) is 0 Å². The molecule has 0 aromatic heterocycles. The molecule has 1 aliphatic heterocycles. The van der Waals surface area contributed by atoms with E-state index >= 15 is 0 Å². The number of benzene rings is 2. The highest BCUT2D eigenvalue weighted by atomic mass is 32.2. The Labute approximate surface area is 216 Å². The monoisotopic (exact) mass is 529 g/mol. The lowest BCUT2D eigenvalue weighted by atomic mass is 9.64. The SMILES string of the molecule is Cc1ccc(S(=O)(=O)Nc2ccccc2)c(C(=O)[C@H](C)[C@H]2NC(=O)[C@H]2[C@@H](CO[Si](C)C)C(C)(C)C)c1. The van der Waals surface area contributed by atoms with Gasteiger partial charge < -0.3 is 9.74 Å². The van der Waals surface area contributed by atoms with Crippen molar-refractivity contribution < 1.29 is 22.4 Å². The van der Waals surface area contributed by atoms with Crippen LogP contribution in [-0.2, 0) is 19.2 Å². The van der Waals surface area contributed by atoms with E-state index in [1.54, 1.807) is 49.4 Å². The fourth-order valence-electron chi connectivity index (χ4n) is 4.63. The average molecular weight is 530 g/mol. The van der Waals surface area contributed by atoms with Gasteiger partial charge in [0.25, 0.3) is 10.0 Å². The molecule has 1 radical (unpaired) electrons. The molecule has 0 bridgehead atoms. The molecule has 4 atom stereocenters. The Kier molecular flexibility index (Phi) is 8.47. The number of hydrogen-bond donors (Lipinski definition) is 2. The summed E-state index contributed by atoms with van der Waals surface area (Å²) in [5, 5.41) is 2.92. The van der Waals surface area contributed by atoms with Gasteiger partial charge in [0.2, 0.25) is 14.9 Å². The maximum Gasteiger partial charge on any atom is 0.262 e. The molecule has 2 aromatic carbocycles. The van der Waals surface area contributed by atoms with E-state index in [0.29, 0.717) is 12.3 Å². The summed E-state index contributed by atoms with van der Waals surface area (Å²) in [6, 6.07) is 12.9. The van der Waals surface area contributed by atoms with Crippen LogP contribution in [0, 0.1) is 30.1 Å². The highest BCUT2D eigenvalue weighted by Crippen LogP contribution is 2.41. The van der Waals surface area contributed by atoms with E-state index in [9.17, 15) is 18.0 Å². The van der Waals surface area contributed by atoms with E-state index in [1.807, 2.05) is 6.92 Å². The van der Waals surface area contributed by atoms with Gasteiger partial charge in [-0.1, -0.05) is 57.5 Å². The van der Waals surface area contributed by atoms with Gasteiger partial charge in [-0.05, 0) is 55.6 Å². The zero-order valence-corrected chi connectivity index (χ0v) is 23.9. The normalized spacial score (nSPS) is 19.8. The fourth-order valence-corrected chi connectivity index (χ4v) is 6.40. The number of rotatable bonds is 10. The van der Waals surface area contributed by atoms with Crippen LogP contribution in [0.3, 0.4) is 0 Å². The third-order valence-electron chi connectivity index (χ3n) is 6.76. The van der Waals surface area contributed by atoms with Gasteiger partial charge in [-0.3, -0.25) is 14.3 Å². The van der Waals surface area contributed by atoms with Crippen LogP contribution in [0.2, 0.25) is 13.1 Å². The zero-order valence-electron chi connectivity index (χ0n) is 22.1. The average Bonchev–Trinajstić information content (AvgIpc) is 2.78. The number of hydrogen-bond acceptors (Lipinski definition) is 5. The minimum absolute atomic E-state index is 0.0732. The number of nitrogens with one attached hydrogen (secondary N) is 2. The summed E-state index contributed by atoms with van der Waals surface area (Å²) in [5.74, 6) is -1.49. The number of sulfonamides is 1. The van der Waals surface area contributed by atoms with Gasteiger partial charge in [0.15, 0.2) is 5.78 Å². The third kappa shape index (κ3) is 6.25. The molecule has 7 nitrogen and oxygen atoms in total. The molecule has 1 fully saturated rings. The first-order chi connectivity index (χ1) is 16.7. The Morgan fingerprint density at radius 3 is 2.33 bits per heavy atom. The number of ketones is 1. The van der Waals surface area contributed by atoms with Gasteiger partial charge in [-0.2, -0.15) is 0 Å². The molecule has 0 spiro atoms. The number of carbonyl (C=O) groups excluding carboxylic acids is 2. The van der Waals surface area contributed by atoms with Crippen molar-refractivity contribution in [3.63, 3.8) is 0 Å². The van der Waals surface area contributed by atoms with Crippen LogP contribution in [-0.4, -0.2) is 41.8 Å². The largest absolute Gasteiger partial charge is 0.417 e. The molecule has 2 aromatic rings. The van der Waals surface area contributed by atoms with Gasteiger partial charge in [0.05, 0.1) is 16.9 Å².